The zero-order chi connectivity index (χ0) is 23.5. The molecule has 2 aromatic carbocycles. The molecule has 2 heterocycles. The number of Topliss-reactive ketones (excluding diaryl/α,β-unsaturated/α-hetero) is 1. The number of ether oxygens (including phenoxy) is 2. The van der Waals surface area contributed by atoms with E-state index in [0.717, 1.165) is 7.11 Å². The van der Waals surface area contributed by atoms with Gasteiger partial charge in [-0.15, -0.1) is 0 Å². The smallest absolute Gasteiger partial charge is 0.355 e. The fraction of sp³-hybridized carbons (Fsp3) is 0.190. The summed E-state index contributed by atoms with van der Waals surface area (Å²) in [6, 6.07) is 11.0. The molecule has 4 rings (SSSR count). The minimum atomic E-state index is -1.16. The summed E-state index contributed by atoms with van der Waals surface area (Å²) in [6.45, 7) is 2.29. The van der Waals surface area contributed by atoms with Gasteiger partial charge in [0.2, 0.25) is 5.95 Å². The molecule has 0 radical (unpaired) electrons. The van der Waals surface area contributed by atoms with Crippen LogP contribution in [-0.4, -0.2) is 50.6 Å². The molecule has 1 N–H and O–H groups in total. The number of para-hydroxylation sites is 1. The third kappa shape index (κ3) is 3.89. The van der Waals surface area contributed by atoms with Gasteiger partial charge < -0.3 is 14.8 Å². The van der Waals surface area contributed by atoms with Gasteiger partial charge in [0.15, 0.2) is 5.78 Å². The van der Waals surface area contributed by atoms with Gasteiger partial charge in [-0.05, 0) is 47.7 Å². The summed E-state index contributed by atoms with van der Waals surface area (Å²) in [5.74, 6) is -0.810. The monoisotopic (exact) mass is 450 g/mol. The number of anilines is 1. The molecule has 0 saturated carbocycles. The highest BCUT2D eigenvalue weighted by molar-refractivity contribution is 6.15. The Morgan fingerprint density at radius 3 is 2.58 bits per heavy atom. The van der Waals surface area contributed by atoms with E-state index >= 15 is 0 Å². The van der Waals surface area contributed by atoms with Crippen LogP contribution in [0.5, 0.6) is 5.75 Å². The number of nitrogens with one attached hydrogen (secondary N) is 1. The Bertz CT molecular complexity index is 1270. The van der Waals surface area contributed by atoms with Crippen LogP contribution in [0.2, 0.25) is 0 Å². The van der Waals surface area contributed by atoms with E-state index in [1.165, 1.54) is 22.9 Å². The third-order valence-electron chi connectivity index (χ3n) is 5.01. The first-order valence-electron chi connectivity index (χ1n) is 9.84. The van der Waals surface area contributed by atoms with Gasteiger partial charge >= 0.3 is 5.97 Å². The van der Waals surface area contributed by atoms with Crippen molar-refractivity contribution in [3.63, 3.8) is 0 Å². The lowest BCUT2D eigenvalue weighted by Gasteiger charge is -2.27. The summed E-state index contributed by atoms with van der Waals surface area (Å²) in [5, 5.41) is 25.8. The molecule has 0 unspecified atom stereocenters. The van der Waals surface area contributed by atoms with Gasteiger partial charge in [-0.1, -0.05) is 17.2 Å². The quantitative estimate of drug-likeness (QED) is 0.246. The topological polar surface area (TPSA) is 151 Å². The van der Waals surface area contributed by atoms with E-state index < -0.39 is 22.7 Å². The van der Waals surface area contributed by atoms with Crippen LogP contribution < -0.4 is 10.1 Å². The number of hydrogen-bond acceptors (Lipinski definition) is 10. The van der Waals surface area contributed by atoms with Gasteiger partial charge in [-0.2, -0.15) is 4.68 Å². The number of nitrogens with zero attached hydrogens (tertiary/aromatic N) is 5. The van der Waals surface area contributed by atoms with Gasteiger partial charge in [0, 0.05) is 11.6 Å². The van der Waals surface area contributed by atoms with Gasteiger partial charge in [0.1, 0.15) is 17.5 Å². The lowest BCUT2D eigenvalue weighted by Crippen LogP contribution is -2.33. The van der Waals surface area contributed by atoms with Crippen molar-refractivity contribution in [1.82, 2.24) is 20.2 Å². The van der Waals surface area contributed by atoms with Crippen molar-refractivity contribution in [2.24, 2.45) is 0 Å². The minimum Gasteiger partial charge on any atom is -0.494 e. The Morgan fingerprint density at radius 1 is 1.18 bits per heavy atom. The SMILES string of the molecule is CCOc1ccc(C(=O)C2=C(C(=O)OC)Nc3nnnn3[C@H]2c2ccccc2[N+](=O)[O-])cc1. The standard InChI is InChI=1S/C21H18N6O6/c1-3-33-13-10-8-12(9-11-13)19(28)16-17(20(29)32-2)22-21-23-24-25-26(21)18(16)14-6-4-5-7-15(14)27(30)31/h4-11,18H,3H2,1-2H3,(H,22,23,25)/t18-/m0/s1. The number of tetrazole rings is 1. The molecule has 12 nitrogen and oxygen atoms in total. The molecule has 0 saturated heterocycles. The maximum atomic E-state index is 13.7. The van der Waals surface area contributed by atoms with Crippen molar-refractivity contribution in [1.29, 1.82) is 0 Å². The number of nitro benzene ring substituents is 1. The van der Waals surface area contributed by atoms with Crippen LogP contribution in [0.25, 0.3) is 0 Å². The molecule has 33 heavy (non-hydrogen) atoms. The van der Waals surface area contributed by atoms with Crippen molar-refractivity contribution in [2.75, 3.05) is 19.0 Å². The summed E-state index contributed by atoms with van der Waals surface area (Å²) >= 11 is 0. The predicted molar refractivity (Wildman–Crippen MR) is 114 cm³/mol. The van der Waals surface area contributed by atoms with Gasteiger partial charge in [-0.3, -0.25) is 14.9 Å². The van der Waals surface area contributed by atoms with E-state index in [1.54, 1.807) is 30.3 Å². The highest BCUT2D eigenvalue weighted by Gasteiger charge is 2.41. The molecule has 12 heteroatoms. The highest BCUT2D eigenvalue weighted by atomic mass is 16.6. The number of esters is 1. The molecule has 1 aliphatic rings. The van der Waals surface area contributed by atoms with Crippen molar-refractivity contribution in [3.05, 3.63) is 81.0 Å². The number of carbonyl (C=O) groups is 2. The lowest BCUT2D eigenvalue weighted by molar-refractivity contribution is -0.385. The van der Waals surface area contributed by atoms with E-state index in [0.29, 0.717) is 12.4 Å². The third-order valence-corrected chi connectivity index (χ3v) is 5.01. The average molecular weight is 450 g/mol. The van der Waals surface area contributed by atoms with E-state index in [2.05, 4.69) is 20.8 Å². The summed E-state index contributed by atoms with van der Waals surface area (Å²) in [7, 11) is 1.16. The summed E-state index contributed by atoms with van der Waals surface area (Å²) in [4.78, 5) is 37.5. The molecule has 1 aromatic heterocycles. The second-order valence-electron chi connectivity index (χ2n) is 6.86. The molecule has 0 aliphatic carbocycles. The summed E-state index contributed by atoms with van der Waals surface area (Å²) in [6.07, 6.45) is 0. The normalized spacial score (nSPS) is 14.8. The second kappa shape index (κ2) is 8.86. The van der Waals surface area contributed by atoms with Crippen molar-refractivity contribution in [3.8, 4) is 5.75 Å². The Hall–Kier alpha value is -4.61. The number of rotatable bonds is 7. The Kier molecular flexibility index (Phi) is 5.81. The number of hydrogen-bond donors (Lipinski definition) is 1. The molecule has 1 aliphatic heterocycles. The lowest BCUT2D eigenvalue weighted by atomic mass is 9.88. The molecule has 3 aromatic rings. The van der Waals surface area contributed by atoms with Crippen molar-refractivity contribution < 1.29 is 24.0 Å². The first-order valence-corrected chi connectivity index (χ1v) is 9.84. The zero-order valence-electron chi connectivity index (χ0n) is 17.6. The molecule has 0 fully saturated rings. The maximum absolute atomic E-state index is 13.7. The first-order chi connectivity index (χ1) is 16.0. The minimum absolute atomic E-state index is 0.0294. The van der Waals surface area contributed by atoms with Crippen LogP contribution in [0.15, 0.2) is 59.8 Å². The molecule has 1 atom stereocenters. The number of benzene rings is 2. The number of aromatic nitrogens is 4. The van der Waals surface area contributed by atoms with Crippen molar-refractivity contribution >= 4 is 23.4 Å². The largest absolute Gasteiger partial charge is 0.494 e. The van der Waals surface area contributed by atoms with Gasteiger partial charge in [0.05, 0.1) is 29.8 Å². The Balaban J connectivity index is 1.94. The van der Waals surface area contributed by atoms with E-state index in [9.17, 15) is 19.7 Å². The van der Waals surface area contributed by atoms with Gasteiger partial charge in [-0.25, -0.2) is 4.79 Å². The molecule has 0 amide bonds. The van der Waals surface area contributed by atoms with Crippen LogP contribution in [0.3, 0.4) is 0 Å². The van der Waals surface area contributed by atoms with Crippen LogP contribution in [-0.2, 0) is 9.53 Å². The fourth-order valence-corrected chi connectivity index (χ4v) is 3.59. The predicted octanol–water partition coefficient (Wildman–Crippen LogP) is 2.30. The zero-order valence-corrected chi connectivity index (χ0v) is 17.6. The van der Waals surface area contributed by atoms with Crippen LogP contribution in [0, 0.1) is 10.1 Å². The highest BCUT2D eigenvalue weighted by Crippen LogP contribution is 2.40. The molecule has 0 spiro atoms. The van der Waals surface area contributed by atoms with E-state index in [4.69, 9.17) is 9.47 Å². The van der Waals surface area contributed by atoms with Crippen LogP contribution >= 0.6 is 0 Å². The molecular weight excluding hydrogens is 432 g/mol. The van der Waals surface area contributed by atoms with Crippen LogP contribution in [0.4, 0.5) is 11.6 Å². The van der Waals surface area contributed by atoms with E-state index in [1.807, 2.05) is 6.92 Å². The average Bonchev–Trinajstić information content (AvgIpc) is 3.31. The fourth-order valence-electron chi connectivity index (χ4n) is 3.59. The number of allylic oxidation sites excluding steroid dienone is 1. The van der Waals surface area contributed by atoms with Gasteiger partial charge in [0.25, 0.3) is 5.69 Å². The number of carbonyl (C=O) groups excluding carboxylic acids is 2. The van der Waals surface area contributed by atoms with Crippen molar-refractivity contribution in [2.45, 2.75) is 13.0 Å². The Morgan fingerprint density at radius 2 is 1.91 bits per heavy atom. The molecule has 168 valence electrons. The second-order valence-corrected chi connectivity index (χ2v) is 6.86. The number of fused-ring (bicyclic) bond motifs is 1. The maximum Gasteiger partial charge on any atom is 0.355 e. The summed E-state index contributed by atoms with van der Waals surface area (Å²) < 4.78 is 11.5. The summed E-state index contributed by atoms with van der Waals surface area (Å²) in [5.41, 5.74) is -0.195. The Labute approximate surface area is 187 Å². The first kappa shape index (κ1) is 21.6. The van der Waals surface area contributed by atoms with Crippen LogP contribution in [0.1, 0.15) is 28.9 Å². The molecular formula is C21H18N6O6. The number of ketones is 1. The number of methoxy groups -OCH3 is 1. The molecule has 0 bridgehead atoms. The number of nitro groups is 1. The van der Waals surface area contributed by atoms with E-state index in [-0.39, 0.29) is 34.0 Å².